The number of anilines is 1. The standard InChI is InChI=1S/C11H11BrFNO3S/c12-8-1-2-10(9(13)5-8)14-11(15)7-3-4-18(16,17)6-7/h1-2,5,7H,3-4,6H2,(H,14,15). The van der Waals surface area contributed by atoms with Crippen LogP contribution in [-0.4, -0.2) is 25.8 Å². The highest BCUT2D eigenvalue weighted by Gasteiger charge is 2.33. The van der Waals surface area contributed by atoms with Gasteiger partial charge in [-0.25, -0.2) is 12.8 Å². The van der Waals surface area contributed by atoms with Crippen LogP contribution in [0.2, 0.25) is 0 Å². The normalized spacial score (nSPS) is 21.8. The van der Waals surface area contributed by atoms with Gasteiger partial charge in [0.2, 0.25) is 5.91 Å². The van der Waals surface area contributed by atoms with E-state index in [1.807, 2.05) is 0 Å². The third-order valence-electron chi connectivity index (χ3n) is 2.79. The van der Waals surface area contributed by atoms with Crippen LogP contribution in [0.25, 0.3) is 0 Å². The molecule has 1 heterocycles. The molecule has 1 aliphatic heterocycles. The maximum atomic E-state index is 13.5. The van der Waals surface area contributed by atoms with Gasteiger partial charge in [0.25, 0.3) is 0 Å². The second-order valence-electron chi connectivity index (χ2n) is 4.21. The number of rotatable bonds is 2. The lowest BCUT2D eigenvalue weighted by Gasteiger charge is -2.10. The maximum Gasteiger partial charge on any atom is 0.228 e. The first-order valence-electron chi connectivity index (χ1n) is 5.34. The van der Waals surface area contributed by atoms with Crippen molar-refractivity contribution in [2.24, 2.45) is 5.92 Å². The number of nitrogens with one attached hydrogen (secondary N) is 1. The van der Waals surface area contributed by atoms with E-state index in [0.29, 0.717) is 10.9 Å². The Labute approximate surface area is 113 Å². The molecule has 4 nitrogen and oxygen atoms in total. The monoisotopic (exact) mass is 335 g/mol. The molecule has 0 radical (unpaired) electrons. The Bertz CT molecular complexity index is 588. The minimum atomic E-state index is -3.11. The summed E-state index contributed by atoms with van der Waals surface area (Å²) in [6.45, 7) is 0. The van der Waals surface area contributed by atoms with E-state index in [1.54, 1.807) is 6.07 Å². The van der Waals surface area contributed by atoms with E-state index in [1.165, 1.54) is 12.1 Å². The number of amides is 1. The first-order valence-corrected chi connectivity index (χ1v) is 7.95. The average Bonchev–Trinajstić information content (AvgIpc) is 2.63. The summed E-state index contributed by atoms with van der Waals surface area (Å²) in [7, 11) is -3.11. The molecule has 1 aromatic rings. The Morgan fingerprint density at radius 2 is 2.17 bits per heavy atom. The third kappa shape index (κ3) is 3.08. The molecule has 1 N–H and O–H groups in total. The fourth-order valence-corrected chi connectivity index (χ4v) is 3.90. The van der Waals surface area contributed by atoms with Crippen molar-refractivity contribution >= 4 is 37.4 Å². The van der Waals surface area contributed by atoms with Gasteiger partial charge in [0, 0.05) is 4.47 Å². The van der Waals surface area contributed by atoms with E-state index >= 15 is 0 Å². The van der Waals surface area contributed by atoms with Crippen molar-refractivity contribution in [2.45, 2.75) is 6.42 Å². The molecule has 1 unspecified atom stereocenters. The van der Waals surface area contributed by atoms with Crippen molar-refractivity contribution in [1.82, 2.24) is 0 Å². The van der Waals surface area contributed by atoms with Gasteiger partial charge in [-0.3, -0.25) is 4.79 Å². The number of sulfone groups is 1. The lowest BCUT2D eigenvalue weighted by atomic mass is 10.1. The van der Waals surface area contributed by atoms with Crippen LogP contribution in [0.4, 0.5) is 10.1 Å². The topological polar surface area (TPSA) is 63.2 Å². The van der Waals surface area contributed by atoms with Crippen LogP contribution in [0.5, 0.6) is 0 Å². The summed E-state index contributed by atoms with van der Waals surface area (Å²) in [5, 5.41) is 2.42. The number of benzene rings is 1. The molecule has 1 aliphatic rings. The largest absolute Gasteiger partial charge is 0.323 e. The van der Waals surface area contributed by atoms with Crippen molar-refractivity contribution in [3.05, 3.63) is 28.5 Å². The zero-order valence-corrected chi connectivity index (χ0v) is 11.7. The third-order valence-corrected chi connectivity index (χ3v) is 5.05. The van der Waals surface area contributed by atoms with E-state index in [4.69, 9.17) is 0 Å². The number of carbonyl (C=O) groups excluding carboxylic acids is 1. The summed E-state index contributed by atoms with van der Waals surface area (Å²) in [6.07, 6.45) is 0.298. The van der Waals surface area contributed by atoms with Crippen LogP contribution in [0.15, 0.2) is 22.7 Å². The highest BCUT2D eigenvalue weighted by Crippen LogP contribution is 2.23. The number of halogens is 2. The molecule has 0 bridgehead atoms. The molecule has 2 rings (SSSR count). The fourth-order valence-electron chi connectivity index (χ4n) is 1.83. The molecule has 1 fully saturated rings. The summed E-state index contributed by atoms with van der Waals surface area (Å²) < 4.78 is 36.6. The minimum absolute atomic E-state index is 0.0217. The molecule has 1 atom stereocenters. The quantitative estimate of drug-likeness (QED) is 0.898. The molecule has 0 saturated carbocycles. The van der Waals surface area contributed by atoms with E-state index in [9.17, 15) is 17.6 Å². The van der Waals surface area contributed by atoms with Gasteiger partial charge in [0.05, 0.1) is 23.1 Å². The average molecular weight is 336 g/mol. The van der Waals surface area contributed by atoms with Crippen LogP contribution < -0.4 is 5.32 Å². The minimum Gasteiger partial charge on any atom is -0.323 e. The van der Waals surface area contributed by atoms with E-state index in [2.05, 4.69) is 21.2 Å². The molecule has 1 saturated heterocycles. The van der Waals surface area contributed by atoms with Gasteiger partial charge in [-0.05, 0) is 24.6 Å². The molecular formula is C11H11BrFNO3S. The predicted octanol–water partition coefficient (Wildman–Crippen LogP) is 1.96. The first-order chi connectivity index (χ1) is 8.37. The Balaban J connectivity index is 2.08. The Morgan fingerprint density at radius 1 is 1.44 bits per heavy atom. The second kappa shape index (κ2) is 4.97. The van der Waals surface area contributed by atoms with Crippen LogP contribution in [0, 0.1) is 11.7 Å². The highest BCUT2D eigenvalue weighted by molar-refractivity contribution is 9.10. The Kier molecular flexibility index (Phi) is 3.72. The first kappa shape index (κ1) is 13.5. The molecule has 1 amide bonds. The smallest absolute Gasteiger partial charge is 0.228 e. The van der Waals surface area contributed by atoms with Gasteiger partial charge in [-0.2, -0.15) is 0 Å². The molecule has 98 valence electrons. The zero-order valence-electron chi connectivity index (χ0n) is 9.32. The van der Waals surface area contributed by atoms with Crippen molar-refractivity contribution in [1.29, 1.82) is 0 Å². The molecule has 0 aromatic heterocycles. The van der Waals surface area contributed by atoms with Gasteiger partial charge >= 0.3 is 0 Å². The molecule has 18 heavy (non-hydrogen) atoms. The zero-order chi connectivity index (χ0) is 13.3. The summed E-state index contributed by atoms with van der Waals surface area (Å²) in [5.41, 5.74) is 0.0625. The van der Waals surface area contributed by atoms with Crippen LogP contribution in [0.1, 0.15) is 6.42 Å². The van der Waals surface area contributed by atoms with Gasteiger partial charge in [0.15, 0.2) is 9.84 Å². The van der Waals surface area contributed by atoms with Crippen LogP contribution >= 0.6 is 15.9 Å². The van der Waals surface area contributed by atoms with Gasteiger partial charge < -0.3 is 5.32 Å². The van der Waals surface area contributed by atoms with Gasteiger partial charge in [0.1, 0.15) is 5.82 Å². The lowest BCUT2D eigenvalue weighted by Crippen LogP contribution is -2.24. The Morgan fingerprint density at radius 3 is 2.72 bits per heavy atom. The van der Waals surface area contributed by atoms with E-state index < -0.39 is 27.5 Å². The van der Waals surface area contributed by atoms with E-state index in [-0.39, 0.29) is 17.2 Å². The summed E-state index contributed by atoms with van der Waals surface area (Å²) >= 11 is 3.11. The highest BCUT2D eigenvalue weighted by atomic mass is 79.9. The van der Waals surface area contributed by atoms with Crippen LogP contribution in [0.3, 0.4) is 0 Å². The lowest BCUT2D eigenvalue weighted by molar-refractivity contribution is -0.119. The summed E-state index contributed by atoms with van der Waals surface area (Å²) in [5.74, 6) is -1.72. The number of carbonyl (C=O) groups is 1. The van der Waals surface area contributed by atoms with Crippen LogP contribution in [-0.2, 0) is 14.6 Å². The van der Waals surface area contributed by atoms with Crippen molar-refractivity contribution < 1.29 is 17.6 Å². The number of hydrogen-bond donors (Lipinski definition) is 1. The molecule has 7 heteroatoms. The SMILES string of the molecule is O=C(Nc1ccc(Br)cc1F)C1CCS(=O)(=O)C1. The number of hydrogen-bond acceptors (Lipinski definition) is 3. The summed E-state index contributed by atoms with van der Waals surface area (Å²) in [4.78, 5) is 11.8. The van der Waals surface area contributed by atoms with Crippen molar-refractivity contribution in [2.75, 3.05) is 16.8 Å². The van der Waals surface area contributed by atoms with Gasteiger partial charge in [-0.15, -0.1) is 0 Å². The fraction of sp³-hybridized carbons (Fsp3) is 0.364. The van der Waals surface area contributed by atoms with Crippen molar-refractivity contribution in [3.8, 4) is 0 Å². The Hall–Kier alpha value is -0.950. The maximum absolute atomic E-state index is 13.5. The summed E-state index contributed by atoms with van der Waals surface area (Å²) in [6, 6.07) is 4.27. The van der Waals surface area contributed by atoms with E-state index in [0.717, 1.165) is 0 Å². The second-order valence-corrected chi connectivity index (χ2v) is 7.36. The molecule has 0 spiro atoms. The van der Waals surface area contributed by atoms with Gasteiger partial charge in [-0.1, -0.05) is 15.9 Å². The molecule has 1 aromatic carbocycles. The van der Waals surface area contributed by atoms with Crippen molar-refractivity contribution in [3.63, 3.8) is 0 Å². The molecule has 0 aliphatic carbocycles. The molecular weight excluding hydrogens is 325 g/mol. The predicted molar refractivity (Wildman–Crippen MR) is 69.5 cm³/mol.